The summed E-state index contributed by atoms with van der Waals surface area (Å²) in [6.45, 7) is 2.41. The third-order valence-electron chi connectivity index (χ3n) is 1.30. The predicted molar refractivity (Wildman–Crippen MR) is 47.0 cm³/mol. The largest absolute Gasteiger partial charge is 0.469 e. The normalized spacial score (nSPS) is 12.5. The molecule has 5 heteroatoms. The summed E-state index contributed by atoms with van der Waals surface area (Å²) in [5.41, 5.74) is 0. The van der Waals surface area contributed by atoms with E-state index in [9.17, 15) is 9.36 Å². The first-order valence-electron chi connectivity index (χ1n) is 3.87. The molecule has 0 radical (unpaired) electrons. The number of carbonyl (C=O) groups is 1. The number of esters is 1. The molecule has 4 nitrogen and oxygen atoms in total. The van der Waals surface area contributed by atoms with Crippen molar-refractivity contribution in [2.45, 2.75) is 13.3 Å². The van der Waals surface area contributed by atoms with Crippen molar-refractivity contribution >= 4 is 13.8 Å². The second-order valence-corrected chi connectivity index (χ2v) is 4.12. The summed E-state index contributed by atoms with van der Waals surface area (Å²) in [5, 5.41) is 0. The molecular formula is C7H15O4P. The first-order valence-corrected chi connectivity index (χ1v) is 5.69. The molecule has 0 aromatic rings. The fourth-order valence-electron chi connectivity index (χ4n) is 0.632. The summed E-state index contributed by atoms with van der Waals surface area (Å²) < 4.78 is 20.4. The Balaban J connectivity index is 3.37. The van der Waals surface area contributed by atoms with Gasteiger partial charge < -0.3 is 14.0 Å². The summed E-state index contributed by atoms with van der Waals surface area (Å²) >= 11 is 0. The van der Waals surface area contributed by atoms with Gasteiger partial charge in [-0.2, -0.15) is 0 Å². The number of hydrogen-bond acceptors (Lipinski definition) is 4. The van der Waals surface area contributed by atoms with Crippen molar-refractivity contribution in [3.8, 4) is 0 Å². The molecule has 0 saturated carbocycles. The van der Waals surface area contributed by atoms with Crippen LogP contribution in [0.3, 0.4) is 0 Å². The minimum absolute atomic E-state index is 0.224. The number of ether oxygens (including phenoxy) is 2. The van der Waals surface area contributed by atoms with Gasteiger partial charge in [-0.15, -0.1) is 0 Å². The third-order valence-corrected chi connectivity index (χ3v) is 2.64. The Kier molecular flexibility index (Phi) is 7.11. The van der Waals surface area contributed by atoms with Crippen molar-refractivity contribution in [3.63, 3.8) is 0 Å². The van der Waals surface area contributed by atoms with Crippen LogP contribution < -0.4 is 0 Å². The summed E-state index contributed by atoms with van der Waals surface area (Å²) in [6.07, 6.45) is 0.886. The van der Waals surface area contributed by atoms with Gasteiger partial charge in [-0.05, 0) is 6.92 Å². The monoisotopic (exact) mass is 194 g/mol. The molecule has 0 amide bonds. The molecule has 1 atom stereocenters. The molecular weight excluding hydrogens is 179 g/mol. The van der Waals surface area contributed by atoms with E-state index in [2.05, 4.69) is 4.74 Å². The van der Waals surface area contributed by atoms with Crippen molar-refractivity contribution in [2.24, 2.45) is 0 Å². The molecule has 0 aliphatic rings. The zero-order valence-electron chi connectivity index (χ0n) is 7.46. The van der Waals surface area contributed by atoms with Gasteiger partial charge in [-0.3, -0.25) is 4.79 Å². The van der Waals surface area contributed by atoms with E-state index in [-0.39, 0.29) is 18.7 Å². The van der Waals surface area contributed by atoms with E-state index in [1.165, 1.54) is 7.11 Å². The molecule has 0 spiro atoms. The second-order valence-electron chi connectivity index (χ2n) is 2.25. The highest BCUT2D eigenvalue weighted by atomic mass is 31.1. The highest BCUT2D eigenvalue weighted by molar-refractivity contribution is 7.44. The maximum Gasteiger partial charge on any atom is 0.305 e. The maximum atomic E-state index is 11.1. The lowest BCUT2D eigenvalue weighted by atomic mass is 10.5. The van der Waals surface area contributed by atoms with Gasteiger partial charge in [-0.1, -0.05) is 0 Å². The summed E-state index contributed by atoms with van der Waals surface area (Å²) in [7, 11) is -0.409. The first-order chi connectivity index (χ1) is 5.70. The molecule has 0 heterocycles. The zero-order valence-corrected chi connectivity index (χ0v) is 8.46. The molecule has 0 rings (SSSR count). The van der Waals surface area contributed by atoms with Crippen molar-refractivity contribution in [1.29, 1.82) is 0 Å². The Bertz CT molecular complexity index is 157. The second kappa shape index (κ2) is 7.32. The molecule has 12 heavy (non-hydrogen) atoms. The summed E-state index contributed by atoms with van der Waals surface area (Å²) in [5.74, 6) is -0.315. The maximum absolute atomic E-state index is 11.1. The summed E-state index contributed by atoms with van der Waals surface area (Å²) in [4.78, 5) is 10.6. The van der Waals surface area contributed by atoms with Crippen molar-refractivity contribution in [2.75, 3.05) is 26.2 Å². The van der Waals surface area contributed by atoms with Crippen LogP contribution in [0.15, 0.2) is 0 Å². The van der Waals surface area contributed by atoms with Gasteiger partial charge in [0.1, 0.15) is 7.80 Å². The van der Waals surface area contributed by atoms with Crippen molar-refractivity contribution < 1.29 is 18.8 Å². The topological polar surface area (TPSA) is 52.6 Å². The molecule has 0 aliphatic heterocycles. The van der Waals surface area contributed by atoms with Gasteiger partial charge in [0.15, 0.2) is 0 Å². The van der Waals surface area contributed by atoms with Crippen molar-refractivity contribution in [3.05, 3.63) is 0 Å². The molecule has 1 unspecified atom stereocenters. The molecule has 0 aliphatic carbocycles. The SMILES string of the molecule is CCOC[PH](=O)CCC(=O)OC. The van der Waals surface area contributed by atoms with Gasteiger partial charge in [0.05, 0.1) is 19.9 Å². The van der Waals surface area contributed by atoms with E-state index in [0.717, 1.165) is 0 Å². The molecule has 0 aromatic carbocycles. The quantitative estimate of drug-likeness (QED) is 0.469. The Hall–Kier alpha value is -0.340. The van der Waals surface area contributed by atoms with Crippen LogP contribution in [0.2, 0.25) is 0 Å². The van der Waals surface area contributed by atoms with Crippen LogP contribution in [0, 0.1) is 0 Å². The number of methoxy groups -OCH3 is 1. The first kappa shape index (κ1) is 11.7. The Morgan fingerprint density at radius 1 is 1.50 bits per heavy atom. The van der Waals surface area contributed by atoms with Crippen LogP contribution in [0.25, 0.3) is 0 Å². The van der Waals surface area contributed by atoms with Gasteiger partial charge >= 0.3 is 5.97 Å². The van der Waals surface area contributed by atoms with E-state index >= 15 is 0 Å². The predicted octanol–water partition coefficient (Wildman–Crippen LogP) is 1.10. The van der Waals surface area contributed by atoms with Crippen LogP contribution >= 0.6 is 7.80 Å². The highest BCUT2D eigenvalue weighted by Gasteiger charge is 2.04. The van der Waals surface area contributed by atoms with Crippen molar-refractivity contribution in [1.82, 2.24) is 0 Å². The molecule has 0 saturated heterocycles. The third kappa shape index (κ3) is 6.38. The lowest BCUT2D eigenvalue weighted by molar-refractivity contribution is -0.140. The van der Waals surface area contributed by atoms with Crippen LogP contribution in [0.5, 0.6) is 0 Å². The van der Waals surface area contributed by atoms with Crippen LogP contribution in [-0.2, 0) is 18.8 Å². The van der Waals surface area contributed by atoms with Gasteiger partial charge in [0.2, 0.25) is 0 Å². The van der Waals surface area contributed by atoms with Gasteiger partial charge in [0, 0.05) is 12.8 Å². The van der Waals surface area contributed by atoms with Crippen LogP contribution in [0.1, 0.15) is 13.3 Å². The minimum atomic E-state index is -1.73. The number of carbonyl (C=O) groups excluding carboxylic acids is 1. The van der Waals surface area contributed by atoms with E-state index in [1.807, 2.05) is 6.92 Å². The smallest absolute Gasteiger partial charge is 0.305 e. The van der Waals surface area contributed by atoms with E-state index in [0.29, 0.717) is 12.8 Å². The lowest BCUT2D eigenvalue weighted by Crippen LogP contribution is -2.02. The molecule has 0 N–H and O–H groups in total. The lowest BCUT2D eigenvalue weighted by Gasteiger charge is -2.00. The Labute approximate surface area is 73.0 Å². The van der Waals surface area contributed by atoms with E-state index in [1.54, 1.807) is 0 Å². The molecule has 0 fully saturated rings. The molecule has 72 valence electrons. The highest BCUT2D eigenvalue weighted by Crippen LogP contribution is 2.21. The van der Waals surface area contributed by atoms with E-state index in [4.69, 9.17) is 4.74 Å². The number of hydrogen-bond donors (Lipinski definition) is 0. The average molecular weight is 194 g/mol. The minimum Gasteiger partial charge on any atom is -0.469 e. The summed E-state index contributed by atoms with van der Waals surface area (Å²) in [6, 6.07) is 0. The standard InChI is InChI=1S/C7H15O4P/c1-3-11-6-12(9)5-4-7(8)10-2/h12H,3-6H2,1-2H3. The zero-order chi connectivity index (χ0) is 9.40. The fraction of sp³-hybridized carbons (Fsp3) is 0.857. The van der Waals surface area contributed by atoms with Gasteiger partial charge in [0.25, 0.3) is 0 Å². The fourth-order valence-corrected chi connectivity index (χ4v) is 1.69. The van der Waals surface area contributed by atoms with E-state index < -0.39 is 7.80 Å². The average Bonchev–Trinajstić information content (AvgIpc) is 2.10. The van der Waals surface area contributed by atoms with Crippen LogP contribution in [-0.4, -0.2) is 32.2 Å². The van der Waals surface area contributed by atoms with Crippen LogP contribution in [0.4, 0.5) is 0 Å². The van der Waals surface area contributed by atoms with Gasteiger partial charge in [-0.25, -0.2) is 0 Å². The Morgan fingerprint density at radius 3 is 2.67 bits per heavy atom. The molecule has 0 aromatic heterocycles. The number of rotatable bonds is 6. The molecule has 0 bridgehead atoms. The Morgan fingerprint density at radius 2 is 2.17 bits per heavy atom.